The van der Waals surface area contributed by atoms with Crippen LogP contribution in [0.5, 0.6) is 0 Å². The van der Waals surface area contributed by atoms with E-state index in [0.717, 1.165) is 47.6 Å². The van der Waals surface area contributed by atoms with Crippen molar-refractivity contribution in [2.24, 2.45) is 0 Å². The average molecular weight is 384 g/mol. The molecule has 0 spiro atoms. The second-order valence-corrected chi connectivity index (χ2v) is 8.47. The van der Waals surface area contributed by atoms with E-state index in [1.807, 2.05) is 6.92 Å². The molecule has 1 aromatic carbocycles. The Labute approximate surface area is 163 Å². The highest BCUT2D eigenvalue weighted by atomic mass is 32.2. The maximum atomic E-state index is 12.3. The molecule has 0 aliphatic heterocycles. The Kier molecular flexibility index (Phi) is 5.08. The predicted octanol–water partition coefficient (Wildman–Crippen LogP) is 4.78. The van der Waals surface area contributed by atoms with Crippen molar-refractivity contribution < 1.29 is 9.53 Å². The van der Waals surface area contributed by atoms with Crippen LogP contribution in [0.15, 0.2) is 23.4 Å². The van der Waals surface area contributed by atoms with E-state index in [1.54, 1.807) is 0 Å². The van der Waals surface area contributed by atoms with Gasteiger partial charge in [-0.25, -0.2) is 0 Å². The van der Waals surface area contributed by atoms with E-state index in [4.69, 9.17) is 4.74 Å². The number of benzene rings is 1. The lowest BCUT2D eigenvalue weighted by Gasteiger charge is -2.21. The summed E-state index contributed by atoms with van der Waals surface area (Å²) >= 11 is 1.40. The zero-order valence-electron chi connectivity index (χ0n) is 16.1. The van der Waals surface area contributed by atoms with Crippen LogP contribution in [0.25, 0.3) is 16.6 Å². The standard InChI is InChI=1S/C21H25N3O2S/c1-13-9-14(2)19-16(10-13)11-15(3)20-22-23-21(24(19)20)27-12-18(25)26-17-7-5-4-6-8-17/h9-11,17H,4-8,12H2,1-3H3. The normalized spacial score (nSPS) is 15.5. The molecule has 1 fully saturated rings. The molecule has 0 unspecified atom stereocenters. The molecular formula is C21H25N3O2S. The number of esters is 1. The van der Waals surface area contributed by atoms with Crippen molar-refractivity contribution in [3.63, 3.8) is 0 Å². The van der Waals surface area contributed by atoms with E-state index < -0.39 is 0 Å². The zero-order valence-corrected chi connectivity index (χ0v) is 16.9. The summed E-state index contributed by atoms with van der Waals surface area (Å²) in [7, 11) is 0. The summed E-state index contributed by atoms with van der Waals surface area (Å²) in [6, 6.07) is 6.51. The van der Waals surface area contributed by atoms with E-state index in [-0.39, 0.29) is 17.8 Å². The number of fused-ring (bicyclic) bond motifs is 3. The van der Waals surface area contributed by atoms with Gasteiger partial charge >= 0.3 is 5.97 Å². The number of hydrogen-bond acceptors (Lipinski definition) is 5. The topological polar surface area (TPSA) is 56.5 Å². The highest BCUT2D eigenvalue weighted by Crippen LogP contribution is 2.29. The molecule has 4 rings (SSSR count). The van der Waals surface area contributed by atoms with Gasteiger partial charge in [-0.05, 0) is 75.1 Å². The number of aryl methyl sites for hydroxylation is 3. The van der Waals surface area contributed by atoms with Crippen molar-refractivity contribution in [2.75, 3.05) is 5.75 Å². The largest absolute Gasteiger partial charge is 0.462 e. The summed E-state index contributed by atoms with van der Waals surface area (Å²) in [6.07, 6.45) is 5.64. The van der Waals surface area contributed by atoms with Crippen LogP contribution in [-0.2, 0) is 9.53 Å². The summed E-state index contributed by atoms with van der Waals surface area (Å²) in [5.74, 6) is 0.102. The Morgan fingerprint density at radius 2 is 1.89 bits per heavy atom. The van der Waals surface area contributed by atoms with Gasteiger partial charge in [0.15, 0.2) is 10.8 Å². The van der Waals surface area contributed by atoms with Crippen molar-refractivity contribution in [1.82, 2.24) is 14.6 Å². The smallest absolute Gasteiger partial charge is 0.316 e. The molecule has 3 aromatic rings. The summed E-state index contributed by atoms with van der Waals surface area (Å²) in [6.45, 7) is 6.26. The Morgan fingerprint density at radius 1 is 1.11 bits per heavy atom. The van der Waals surface area contributed by atoms with Gasteiger partial charge in [0.1, 0.15) is 6.10 Å². The minimum absolute atomic E-state index is 0.0929. The number of rotatable bonds is 4. The van der Waals surface area contributed by atoms with Gasteiger partial charge in [-0.1, -0.05) is 29.8 Å². The molecule has 0 N–H and O–H groups in total. The number of carbonyl (C=O) groups is 1. The zero-order chi connectivity index (χ0) is 19.0. The van der Waals surface area contributed by atoms with Crippen LogP contribution in [0, 0.1) is 20.8 Å². The molecule has 1 aliphatic carbocycles. The number of thioether (sulfide) groups is 1. The number of hydrogen-bond donors (Lipinski definition) is 0. The van der Waals surface area contributed by atoms with E-state index in [1.165, 1.54) is 34.7 Å². The minimum atomic E-state index is -0.159. The number of ether oxygens (including phenoxy) is 1. The lowest BCUT2D eigenvalue weighted by molar-refractivity contribution is -0.147. The molecule has 0 radical (unpaired) electrons. The van der Waals surface area contributed by atoms with Gasteiger partial charge in [0, 0.05) is 0 Å². The lowest BCUT2D eigenvalue weighted by Crippen LogP contribution is -2.22. The molecule has 27 heavy (non-hydrogen) atoms. The van der Waals surface area contributed by atoms with E-state index >= 15 is 0 Å². The van der Waals surface area contributed by atoms with Gasteiger partial charge in [-0.3, -0.25) is 9.20 Å². The van der Waals surface area contributed by atoms with Crippen molar-refractivity contribution in [3.05, 3.63) is 34.9 Å². The number of pyridine rings is 1. The first-order valence-corrected chi connectivity index (χ1v) is 10.6. The highest BCUT2D eigenvalue weighted by molar-refractivity contribution is 7.99. The van der Waals surface area contributed by atoms with Crippen LogP contribution in [0.2, 0.25) is 0 Å². The van der Waals surface area contributed by atoms with E-state index in [9.17, 15) is 4.79 Å². The third-order valence-corrected chi connectivity index (χ3v) is 6.13. The molecule has 0 atom stereocenters. The van der Waals surface area contributed by atoms with Crippen LogP contribution in [0.4, 0.5) is 0 Å². The molecule has 2 aromatic heterocycles. The Morgan fingerprint density at radius 3 is 2.67 bits per heavy atom. The van der Waals surface area contributed by atoms with Crippen LogP contribution in [-0.4, -0.2) is 32.4 Å². The minimum Gasteiger partial charge on any atom is -0.462 e. The quantitative estimate of drug-likeness (QED) is 0.479. The molecule has 2 heterocycles. The lowest BCUT2D eigenvalue weighted by atomic mass is 9.98. The maximum Gasteiger partial charge on any atom is 0.316 e. The van der Waals surface area contributed by atoms with Crippen LogP contribution < -0.4 is 0 Å². The third kappa shape index (κ3) is 3.68. The molecule has 0 bridgehead atoms. The summed E-state index contributed by atoms with van der Waals surface area (Å²) in [4.78, 5) is 12.3. The predicted molar refractivity (Wildman–Crippen MR) is 108 cm³/mol. The van der Waals surface area contributed by atoms with Crippen molar-refractivity contribution in [3.8, 4) is 0 Å². The van der Waals surface area contributed by atoms with Gasteiger partial charge in [0.05, 0.1) is 11.3 Å². The molecular weight excluding hydrogens is 358 g/mol. The van der Waals surface area contributed by atoms with Crippen LogP contribution in [0.1, 0.15) is 48.8 Å². The number of nitrogens with zero attached hydrogens (tertiary/aromatic N) is 3. The van der Waals surface area contributed by atoms with Crippen molar-refractivity contribution in [1.29, 1.82) is 0 Å². The fraction of sp³-hybridized carbons (Fsp3) is 0.476. The SMILES string of the molecule is Cc1cc(C)c2c(c1)cc(C)c1nnc(SCC(=O)OC3CCCCC3)n12. The third-order valence-electron chi connectivity index (χ3n) is 5.23. The Bertz CT molecular complexity index is 1010. The van der Waals surface area contributed by atoms with Crippen molar-refractivity contribution >= 4 is 34.3 Å². The highest BCUT2D eigenvalue weighted by Gasteiger charge is 2.19. The Hall–Kier alpha value is -2.08. The second kappa shape index (κ2) is 7.50. The van der Waals surface area contributed by atoms with Gasteiger partial charge in [-0.15, -0.1) is 10.2 Å². The average Bonchev–Trinajstić information content (AvgIpc) is 3.05. The number of aromatic nitrogens is 3. The summed E-state index contributed by atoms with van der Waals surface area (Å²) < 4.78 is 7.72. The monoisotopic (exact) mass is 383 g/mol. The fourth-order valence-electron chi connectivity index (χ4n) is 4.05. The molecule has 0 amide bonds. The first-order valence-electron chi connectivity index (χ1n) is 9.61. The molecule has 6 heteroatoms. The van der Waals surface area contributed by atoms with Crippen molar-refractivity contribution in [2.45, 2.75) is 64.1 Å². The van der Waals surface area contributed by atoms with E-state index in [2.05, 4.69) is 46.6 Å². The van der Waals surface area contributed by atoms with Crippen LogP contribution >= 0.6 is 11.8 Å². The van der Waals surface area contributed by atoms with Gasteiger partial charge in [0.25, 0.3) is 0 Å². The van der Waals surface area contributed by atoms with Gasteiger partial charge in [0.2, 0.25) is 0 Å². The molecule has 5 nitrogen and oxygen atoms in total. The van der Waals surface area contributed by atoms with Gasteiger partial charge < -0.3 is 4.74 Å². The van der Waals surface area contributed by atoms with E-state index in [0.29, 0.717) is 0 Å². The Balaban J connectivity index is 1.61. The second-order valence-electron chi connectivity index (χ2n) is 7.53. The molecule has 0 saturated heterocycles. The number of carbonyl (C=O) groups excluding carboxylic acids is 1. The van der Waals surface area contributed by atoms with Gasteiger partial charge in [-0.2, -0.15) is 0 Å². The molecule has 142 valence electrons. The first-order chi connectivity index (χ1) is 13.0. The first kappa shape index (κ1) is 18.3. The maximum absolute atomic E-state index is 12.3. The molecule has 1 saturated carbocycles. The van der Waals surface area contributed by atoms with Crippen LogP contribution in [0.3, 0.4) is 0 Å². The summed E-state index contributed by atoms with van der Waals surface area (Å²) in [5, 5.41) is 10.6. The summed E-state index contributed by atoms with van der Waals surface area (Å²) in [5.41, 5.74) is 5.45. The molecule has 1 aliphatic rings. The fourth-order valence-corrected chi connectivity index (χ4v) is 4.77.